The summed E-state index contributed by atoms with van der Waals surface area (Å²) in [6.45, 7) is -2.21. The summed E-state index contributed by atoms with van der Waals surface area (Å²) < 4.78 is 25.6. The lowest BCUT2D eigenvalue weighted by Gasteiger charge is -2.34. The average Bonchev–Trinajstić information content (AvgIpc) is 2.55. The molecule has 9 nitrogen and oxygen atoms in total. The third-order valence-corrected chi connectivity index (χ3v) is 3.86. The van der Waals surface area contributed by atoms with Crippen LogP contribution in [0.3, 0.4) is 0 Å². The molecule has 1 aliphatic rings. The highest BCUT2D eigenvalue weighted by Crippen LogP contribution is 2.41. The van der Waals surface area contributed by atoms with Crippen molar-refractivity contribution in [1.29, 1.82) is 0 Å². The van der Waals surface area contributed by atoms with E-state index in [0.29, 0.717) is 12.8 Å². The van der Waals surface area contributed by atoms with E-state index in [4.69, 9.17) is 17.9 Å². The Balaban J connectivity index is 1.52. The Morgan fingerprint density at radius 3 is 2.56 bits per heavy atom. The Morgan fingerprint density at radius 2 is 1.96 bits per heavy atom. The molecule has 0 spiro atoms. The number of rotatable bonds is 5. The first kappa shape index (κ1) is 14.1. The fraction of sp³-hybridized carbons (Fsp3) is 0.312. The van der Waals surface area contributed by atoms with Crippen LogP contribution in [0.2, 0.25) is 0 Å². The highest BCUT2D eigenvalue weighted by molar-refractivity contribution is 5.64. The number of hydrogen-bond donors (Lipinski definition) is 1. The molecular weight excluding hydrogens is 328 g/mol. The van der Waals surface area contributed by atoms with Crippen LogP contribution in [-0.4, -0.2) is 27.6 Å². The predicted molar refractivity (Wildman–Crippen MR) is 87.0 cm³/mol. The number of benzene rings is 1. The van der Waals surface area contributed by atoms with Crippen molar-refractivity contribution < 1.29 is 21.9 Å². The molecule has 1 aromatic heterocycles. The van der Waals surface area contributed by atoms with Gasteiger partial charge in [0.25, 0.3) is 5.69 Å². The van der Waals surface area contributed by atoms with Gasteiger partial charge >= 0.3 is 6.16 Å². The molecule has 0 aliphatic heterocycles. The first-order chi connectivity index (χ1) is 12.7. The molecule has 130 valence electrons. The summed E-state index contributed by atoms with van der Waals surface area (Å²) in [7, 11) is 0. The molecule has 2 aromatic rings. The topological polar surface area (TPSA) is 130 Å². The highest BCUT2D eigenvalue weighted by Gasteiger charge is 2.31. The van der Waals surface area contributed by atoms with Crippen LogP contribution in [0.1, 0.15) is 27.1 Å². The van der Waals surface area contributed by atoms with Crippen molar-refractivity contribution >= 4 is 17.8 Å². The second-order valence-electron chi connectivity index (χ2n) is 5.56. The molecule has 0 radical (unpaired) electrons. The van der Waals surface area contributed by atoms with Crippen LogP contribution in [0.15, 0.2) is 36.7 Å². The lowest BCUT2D eigenvalue weighted by Crippen LogP contribution is -2.28. The van der Waals surface area contributed by atoms with Crippen LogP contribution in [0.5, 0.6) is 5.75 Å². The van der Waals surface area contributed by atoms with Crippen LogP contribution in [0.4, 0.5) is 16.4 Å². The smallest absolute Gasteiger partial charge is 0.434 e. The Hall–Kier alpha value is -3.23. The monoisotopic (exact) mass is 346 g/mol. The number of ether oxygens (including phenoxy) is 2. The van der Waals surface area contributed by atoms with Crippen LogP contribution < -0.4 is 10.5 Å². The Labute approximate surface area is 145 Å². The summed E-state index contributed by atoms with van der Waals surface area (Å²) in [6.07, 6.45) is 2.91. The minimum atomic E-state index is -2.21. The number of nitro groups is 1. The molecule has 1 heterocycles. The number of nitro benzene ring substituents is 1. The third kappa shape index (κ3) is 4.19. The van der Waals surface area contributed by atoms with Crippen molar-refractivity contribution in [3.05, 3.63) is 52.3 Å². The molecule has 1 aliphatic carbocycles. The van der Waals surface area contributed by atoms with E-state index in [1.165, 1.54) is 24.3 Å². The Bertz CT molecular complexity index is 839. The number of nitrogens with two attached hydrogens (primary N) is 1. The summed E-state index contributed by atoms with van der Waals surface area (Å²) in [5, 5.41) is 10.6. The number of anilines is 1. The highest BCUT2D eigenvalue weighted by atomic mass is 16.7. The molecule has 0 atom stereocenters. The van der Waals surface area contributed by atoms with Gasteiger partial charge in [0.15, 0.2) is 0 Å². The van der Waals surface area contributed by atoms with E-state index in [1.54, 1.807) is 12.4 Å². The Kier molecular flexibility index (Phi) is 4.03. The summed E-state index contributed by atoms with van der Waals surface area (Å²) >= 11 is 0. The van der Waals surface area contributed by atoms with Gasteiger partial charge in [-0.25, -0.2) is 14.8 Å². The molecule has 2 N–H and O–H groups in total. The number of non-ortho nitro benzene ring substituents is 1. The van der Waals surface area contributed by atoms with Crippen molar-refractivity contribution in [2.75, 3.05) is 12.3 Å². The van der Waals surface area contributed by atoms with Crippen molar-refractivity contribution in [3.8, 4) is 5.75 Å². The molecule has 1 saturated carbocycles. The van der Waals surface area contributed by atoms with Gasteiger partial charge in [0.2, 0.25) is 5.95 Å². The van der Waals surface area contributed by atoms with Gasteiger partial charge in [0, 0.05) is 24.5 Å². The van der Waals surface area contributed by atoms with Gasteiger partial charge in [-0.05, 0) is 42.4 Å². The number of carbonyl (C=O) groups excluding carboxylic acids is 1. The number of nitrogen functional groups attached to an aromatic ring is 1. The maximum absolute atomic E-state index is 11.8. The van der Waals surface area contributed by atoms with E-state index < -0.39 is 23.6 Å². The van der Waals surface area contributed by atoms with E-state index in [1.807, 2.05) is 0 Å². The predicted octanol–water partition coefficient (Wildman–Crippen LogP) is 2.68. The van der Waals surface area contributed by atoms with Crippen molar-refractivity contribution in [1.82, 2.24) is 9.97 Å². The lowest BCUT2D eigenvalue weighted by atomic mass is 9.72. The van der Waals surface area contributed by atoms with Gasteiger partial charge in [0.05, 0.1) is 14.2 Å². The van der Waals surface area contributed by atoms with E-state index in [2.05, 4.69) is 9.97 Å². The van der Waals surface area contributed by atoms with Gasteiger partial charge in [0.1, 0.15) is 5.75 Å². The van der Waals surface area contributed by atoms with Gasteiger partial charge in [-0.15, -0.1) is 0 Å². The van der Waals surface area contributed by atoms with Gasteiger partial charge in [-0.3, -0.25) is 10.1 Å². The Morgan fingerprint density at radius 1 is 1.32 bits per heavy atom. The standard InChI is InChI=1S/C16H16N4O5/c17-15-18-7-12(8-19-15)11-5-10(6-11)9-24-16(21)25-14-3-1-13(2-4-14)20(22)23/h1-4,7-8,10-11H,5-6,9H2,(H2,17,18,19)/i9D2. The first-order valence-electron chi connectivity index (χ1n) is 8.47. The number of aromatic nitrogens is 2. The molecular formula is C16H16N4O5. The van der Waals surface area contributed by atoms with Crippen molar-refractivity contribution in [2.24, 2.45) is 5.92 Å². The second-order valence-corrected chi connectivity index (χ2v) is 5.56. The van der Waals surface area contributed by atoms with E-state index in [0.717, 1.165) is 5.56 Å². The summed E-state index contributed by atoms with van der Waals surface area (Å²) in [5.74, 6) is -0.237. The molecule has 25 heavy (non-hydrogen) atoms. The SMILES string of the molecule is [2H]C([2H])(OC(=O)Oc1ccc([N+](=O)[O-])cc1)C1CC(c2cnc(N)nc2)C1. The van der Waals surface area contributed by atoms with Gasteiger partial charge in [-0.1, -0.05) is 0 Å². The van der Waals surface area contributed by atoms with Crippen LogP contribution >= 0.6 is 0 Å². The van der Waals surface area contributed by atoms with E-state index >= 15 is 0 Å². The zero-order valence-corrected chi connectivity index (χ0v) is 13.0. The number of carbonyl (C=O) groups is 1. The van der Waals surface area contributed by atoms with E-state index in [9.17, 15) is 14.9 Å². The molecule has 1 fully saturated rings. The average molecular weight is 346 g/mol. The minimum Gasteiger partial charge on any atom is -0.434 e. The van der Waals surface area contributed by atoms with Crippen LogP contribution in [0.25, 0.3) is 0 Å². The molecule has 1 aromatic carbocycles. The summed E-state index contributed by atoms with van der Waals surface area (Å²) in [4.78, 5) is 29.7. The molecule has 9 heteroatoms. The first-order valence-corrected chi connectivity index (χ1v) is 7.47. The molecule has 0 saturated heterocycles. The van der Waals surface area contributed by atoms with Crippen LogP contribution in [-0.2, 0) is 4.74 Å². The normalized spacial score (nSPS) is 20.6. The number of nitrogens with zero attached hydrogens (tertiary/aromatic N) is 3. The number of hydrogen-bond acceptors (Lipinski definition) is 8. The van der Waals surface area contributed by atoms with Crippen molar-refractivity contribution in [2.45, 2.75) is 18.8 Å². The largest absolute Gasteiger partial charge is 0.513 e. The van der Waals surface area contributed by atoms with Crippen LogP contribution in [0, 0.1) is 16.0 Å². The molecule has 0 unspecified atom stereocenters. The molecule has 3 rings (SSSR count). The summed E-state index contributed by atoms with van der Waals surface area (Å²) in [5.41, 5.74) is 6.13. The second kappa shape index (κ2) is 7.12. The minimum absolute atomic E-state index is 0.0203. The molecule has 0 bridgehead atoms. The fourth-order valence-corrected chi connectivity index (χ4v) is 2.43. The molecule has 0 amide bonds. The maximum atomic E-state index is 11.8. The zero-order chi connectivity index (χ0) is 19.6. The third-order valence-electron chi connectivity index (χ3n) is 3.86. The zero-order valence-electron chi connectivity index (χ0n) is 15.0. The van der Waals surface area contributed by atoms with E-state index in [-0.39, 0.29) is 23.3 Å². The quantitative estimate of drug-likeness (QED) is 0.378. The lowest BCUT2D eigenvalue weighted by molar-refractivity contribution is -0.384. The fourth-order valence-electron chi connectivity index (χ4n) is 2.43. The summed E-state index contributed by atoms with van der Waals surface area (Å²) in [6, 6.07) is 4.80. The van der Waals surface area contributed by atoms with Gasteiger partial charge in [-0.2, -0.15) is 0 Å². The van der Waals surface area contributed by atoms with Gasteiger partial charge < -0.3 is 15.2 Å². The van der Waals surface area contributed by atoms with Crippen molar-refractivity contribution in [3.63, 3.8) is 0 Å². The maximum Gasteiger partial charge on any atom is 0.513 e.